The van der Waals surface area contributed by atoms with E-state index in [0.29, 0.717) is 0 Å². The van der Waals surface area contributed by atoms with E-state index in [1.807, 2.05) is 6.92 Å². The molecule has 0 aromatic heterocycles. The van der Waals surface area contributed by atoms with Crippen LogP contribution in [0.25, 0.3) is 0 Å². The van der Waals surface area contributed by atoms with Gasteiger partial charge in [-0.25, -0.2) is 0 Å². The molecule has 0 unspecified atom stereocenters. The summed E-state index contributed by atoms with van der Waals surface area (Å²) in [5.41, 5.74) is 0. The Hall–Kier alpha value is -0.310. The predicted molar refractivity (Wildman–Crippen MR) is 31.7 cm³/mol. The lowest BCUT2D eigenvalue weighted by atomic mass is 10.2. The first-order valence-electron chi connectivity index (χ1n) is 2.50. The molecule has 0 amide bonds. The van der Waals surface area contributed by atoms with Gasteiger partial charge >= 0.3 is 0 Å². The first-order valence-corrected chi connectivity index (χ1v) is 3.38. The van der Waals surface area contributed by atoms with Crippen molar-refractivity contribution < 1.29 is 9.59 Å². The van der Waals surface area contributed by atoms with E-state index >= 15 is 0 Å². The van der Waals surface area contributed by atoms with Crippen molar-refractivity contribution in [3.8, 4) is 0 Å². The third-order valence-electron chi connectivity index (χ3n) is 1.11. The molecule has 0 spiro atoms. The van der Waals surface area contributed by atoms with E-state index in [2.05, 4.69) is 0 Å². The van der Waals surface area contributed by atoms with Gasteiger partial charge in [0.2, 0.25) is 5.78 Å². The van der Waals surface area contributed by atoms with Gasteiger partial charge in [-0.2, -0.15) is 0 Å². The molecule has 3 heteroatoms. The van der Waals surface area contributed by atoms with Crippen LogP contribution in [0.1, 0.15) is 13.3 Å². The average molecular weight is 130 g/mol. The SMILES string of the molecule is CC[C@@H]1SC(=O)C1=O. The molecule has 0 aliphatic carbocycles. The maximum absolute atomic E-state index is 10.4. The molecule has 1 atom stereocenters. The van der Waals surface area contributed by atoms with Crippen molar-refractivity contribution in [2.24, 2.45) is 0 Å². The van der Waals surface area contributed by atoms with Crippen LogP contribution in [0.3, 0.4) is 0 Å². The monoisotopic (exact) mass is 130 g/mol. The number of carbonyl (C=O) groups is 2. The normalized spacial score (nSPS) is 27.9. The molecule has 0 saturated carbocycles. The number of ketones is 1. The molecule has 1 rings (SSSR count). The van der Waals surface area contributed by atoms with Crippen LogP contribution in [0.5, 0.6) is 0 Å². The molecule has 0 aromatic rings. The molecule has 0 N–H and O–H groups in total. The van der Waals surface area contributed by atoms with Crippen LogP contribution in [-0.4, -0.2) is 16.1 Å². The molecule has 0 aromatic carbocycles. The standard InChI is InChI=1S/C5H6O2S/c1-2-3-4(6)5(7)8-3/h3H,2H2,1H3/t3-/m0/s1. The second-order valence-corrected chi connectivity index (χ2v) is 2.84. The number of Topliss-reactive ketones (excluding diaryl/α,β-unsaturated/α-hetero) is 1. The molecule has 0 bridgehead atoms. The smallest absolute Gasteiger partial charge is 0.256 e. The third kappa shape index (κ3) is 0.668. The summed E-state index contributed by atoms with van der Waals surface area (Å²) in [6.07, 6.45) is 0.787. The van der Waals surface area contributed by atoms with Gasteiger partial charge in [0.15, 0.2) is 0 Å². The third-order valence-corrected chi connectivity index (χ3v) is 2.36. The van der Waals surface area contributed by atoms with E-state index in [9.17, 15) is 9.59 Å². The Morgan fingerprint density at radius 3 is 2.38 bits per heavy atom. The van der Waals surface area contributed by atoms with Gasteiger partial charge in [0.05, 0.1) is 5.25 Å². The molecule has 1 aliphatic rings. The maximum Gasteiger partial charge on any atom is 0.256 e. The fraction of sp³-hybridized carbons (Fsp3) is 0.600. The van der Waals surface area contributed by atoms with Gasteiger partial charge in [0, 0.05) is 0 Å². The van der Waals surface area contributed by atoms with Crippen LogP contribution in [0.4, 0.5) is 0 Å². The van der Waals surface area contributed by atoms with E-state index in [4.69, 9.17) is 0 Å². The van der Waals surface area contributed by atoms with Crippen LogP contribution >= 0.6 is 11.8 Å². The zero-order valence-electron chi connectivity index (χ0n) is 4.51. The topological polar surface area (TPSA) is 34.1 Å². The second kappa shape index (κ2) is 1.90. The molecular weight excluding hydrogens is 124 g/mol. The van der Waals surface area contributed by atoms with Crippen LogP contribution in [0, 0.1) is 0 Å². The lowest BCUT2D eigenvalue weighted by Crippen LogP contribution is -2.35. The Kier molecular flexibility index (Phi) is 1.38. The van der Waals surface area contributed by atoms with Crippen molar-refractivity contribution in [1.29, 1.82) is 0 Å². The summed E-state index contributed by atoms with van der Waals surface area (Å²) >= 11 is 1.15. The largest absolute Gasteiger partial charge is 0.289 e. The molecular formula is C5H6O2S. The molecule has 1 heterocycles. The zero-order valence-corrected chi connectivity index (χ0v) is 5.33. The first kappa shape index (κ1) is 5.82. The lowest BCUT2D eigenvalue weighted by Gasteiger charge is -2.18. The minimum Gasteiger partial charge on any atom is -0.289 e. The van der Waals surface area contributed by atoms with Crippen LogP contribution in [-0.2, 0) is 9.59 Å². The Bertz CT molecular complexity index is 141. The first-order chi connectivity index (χ1) is 3.75. The van der Waals surface area contributed by atoms with E-state index in [1.165, 1.54) is 0 Å². The second-order valence-electron chi connectivity index (χ2n) is 1.67. The number of carbonyl (C=O) groups excluding carboxylic acids is 2. The van der Waals surface area contributed by atoms with Gasteiger partial charge in [-0.3, -0.25) is 9.59 Å². The number of hydrogen-bond donors (Lipinski definition) is 0. The Morgan fingerprint density at radius 1 is 1.62 bits per heavy atom. The van der Waals surface area contributed by atoms with Gasteiger partial charge < -0.3 is 0 Å². The Balaban J connectivity index is 2.48. The fourth-order valence-electron chi connectivity index (χ4n) is 0.583. The minimum absolute atomic E-state index is 0.0116. The molecule has 1 fully saturated rings. The number of rotatable bonds is 1. The molecule has 0 radical (unpaired) electrons. The Labute approximate surface area is 51.6 Å². The van der Waals surface area contributed by atoms with Gasteiger partial charge in [-0.15, -0.1) is 0 Å². The molecule has 1 aliphatic heterocycles. The fourth-order valence-corrected chi connectivity index (χ4v) is 1.29. The molecule has 44 valence electrons. The van der Waals surface area contributed by atoms with Crippen molar-refractivity contribution in [3.63, 3.8) is 0 Å². The Morgan fingerprint density at radius 2 is 2.25 bits per heavy atom. The van der Waals surface area contributed by atoms with E-state index in [1.54, 1.807) is 0 Å². The van der Waals surface area contributed by atoms with Gasteiger partial charge in [0.1, 0.15) is 0 Å². The van der Waals surface area contributed by atoms with Crippen LogP contribution in [0.15, 0.2) is 0 Å². The lowest BCUT2D eigenvalue weighted by molar-refractivity contribution is -0.133. The minimum atomic E-state index is -0.267. The van der Waals surface area contributed by atoms with Gasteiger partial charge in [-0.05, 0) is 6.42 Å². The summed E-state index contributed by atoms with van der Waals surface area (Å²) in [6, 6.07) is 0. The van der Waals surface area contributed by atoms with Crippen molar-refractivity contribution in [2.45, 2.75) is 18.6 Å². The molecule has 8 heavy (non-hydrogen) atoms. The highest BCUT2D eigenvalue weighted by atomic mass is 32.2. The predicted octanol–water partition coefficient (Wildman–Crippen LogP) is 0.608. The van der Waals surface area contributed by atoms with E-state index in [-0.39, 0.29) is 16.1 Å². The zero-order chi connectivity index (χ0) is 6.15. The highest BCUT2D eigenvalue weighted by Gasteiger charge is 2.37. The number of hydrogen-bond acceptors (Lipinski definition) is 3. The summed E-state index contributed by atoms with van der Waals surface area (Å²) in [5, 5.41) is -0.278. The summed E-state index contributed by atoms with van der Waals surface area (Å²) in [5.74, 6) is -0.197. The summed E-state index contributed by atoms with van der Waals surface area (Å²) in [7, 11) is 0. The van der Waals surface area contributed by atoms with Crippen molar-refractivity contribution in [2.75, 3.05) is 0 Å². The van der Waals surface area contributed by atoms with Gasteiger partial charge in [-0.1, -0.05) is 18.7 Å². The summed E-state index contributed by atoms with van der Waals surface area (Å²) in [4.78, 5) is 20.6. The van der Waals surface area contributed by atoms with Crippen LogP contribution < -0.4 is 0 Å². The highest BCUT2D eigenvalue weighted by Crippen LogP contribution is 2.28. The molecule has 2 nitrogen and oxygen atoms in total. The molecule has 1 saturated heterocycles. The number of thioether (sulfide) groups is 1. The summed E-state index contributed by atoms with van der Waals surface area (Å²) in [6.45, 7) is 1.90. The quantitative estimate of drug-likeness (QED) is 0.488. The van der Waals surface area contributed by atoms with Crippen molar-refractivity contribution in [1.82, 2.24) is 0 Å². The van der Waals surface area contributed by atoms with E-state index in [0.717, 1.165) is 18.2 Å². The highest BCUT2D eigenvalue weighted by molar-refractivity contribution is 8.20. The van der Waals surface area contributed by atoms with E-state index < -0.39 is 0 Å². The summed E-state index contributed by atoms with van der Waals surface area (Å²) < 4.78 is 0. The van der Waals surface area contributed by atoms with Crippen molar-refractivity contribution >= 4 is 22.7 Å². The maximum atomic E-state index is 10.4. The van der Waals surface area contributed by atoms with Crippen molar-refractivity contribution in [3.05, 3.63) is 0 Å². The van der Waals surface area contributed by atoms with Crippen LogP contribution in [0.2, 0.25) is 0 Å². The van der Waals surface area contributed by atoms with Gasteiger partial charge in [0.25, 0.3) is 5.12 Å². The average Bonchev–Trinajstić information content (AvgIpc) is 1.81.